The molecule has 1 aromatic rings. The second-order valence-corrected chi connectivity index (χ2v) is 4.85. The predicted octanol–water partition coefficient (Wildman–Crippen LogP) is 1.86. The first-order valence-corrected chi connectivity index (χ1v) is 6.65. The van der Waals surface area contributed by atoms with Gasteiger partial charge in [0.1, 0.15) is 0 Å². The smallest absolute Gasteiger partial charge is 0.338 e. The van der Waals surface area contributed by atoms with Crippen molar-refractivity contribution in [1.82, 2.24) is 4.90 Å². The van der Waals surface area contributed by atoms with E-state index in [-0.39, 0.29) is 17.8 Å². The molecule has 0 saturated heterocycles. The van der Waals surface area contributed by atoms with Gasteiger partial charge in [-0.25, -0.2) is 9.79 Å². The van der Waals surface area contributed by atoms with Gasteiger partial charge < -0.3 is 4.74 Å². The molecule has 0 spiro atoms. The number of hydrogen-bond donors (Lipinski definition) is 0. The molecule has 0 aromatic heterocycles. The molecule has 0 saturated carbocycles. The largest absolute Gasteiger partial charge is 0.406 e. The summed E-state index contributed by atoms with van der Waals surface area (Å²) in [5, 5.41) is 0. The molecule has 0 unspecified atom stereocenters. The number of benzene rings is 1. The Kier molecular flexibility index (Phi) is 3.39. The Bertz CT molecular complexity index is 647. The minimum absolute atomic E-state index is 0.0802. The van der Waals surface area contributed by atoms with Crippen LogP contribution in [-0.2, 0) is 14.3 Å². The fourth-order valence-electron chi connectivity index (χ4n) is 2.24. The van der Waals surface area contributed by atoms with Crippen LogP contribution in [0.2, 0.25) is 0 Å². The first-order valence-electron chi connectivity index (χ1n) is 6.65. The predicted molar refractivity (Wildman–Crippen MR) is 77.1 cm³/mol. The molecular formula is C16H14N2O3. The van der Waals surface area contributed by atoms with Crippen molar-refractivity contribution in [3.05, 3.63) is 60.4 Å². The van der Waals surface area contributed by atoms with Crippen LogP contribution in [0.3, 0.4) is 0 Å². The first-order chi connectivity index (χ1) is 10.1. The summed E-state index contributed by atoms with van der Waals surface area (Å²) in [6.45, 7) is 1.48. The quantitative estimate of drug-likeness (QED) is 0.778. The van der Waals surface area contributed by atoms with E-state index in [0.29, 0.717) is 5.90 Å². The highest BCUT2D eigenvalue weighted by molar-refractivity contribution is 6.06. The molecule has 21 heavy (non-hydrogen) atoms. The maximum Gasteiger partial charge on any atom is 0.338 e. The van der Waals surface area contributed by atoms with Gasteiger partial charge in [0, 0.05) is 30.8 Å². The third kappa shape index (κ3) is 2.63. The fourth-order valence-corrected chi connectivity index (χ4v) is 2.24. The van der Waals surface area contributed by atoms with Crippen molar-refractivity contribution in [2.45, 2.75) is 13.0 Å². The van der Waals surface area contributed by atoms with E-state index in [2.05, 4.69) is 4.99 Å². The summed E-state index contributed by atoms with van der Waals surface area (Å²) < 4.78 is 5.25. The monoisotopic (exact) mass is 282 g/mol. The number of amides is 1. The molecule has 0 aliphatic carbocycles. The average Bonchev–Trinajstić information content (AvgIpc) is 2.90. The number of nitrogens with zero attached hydrogens (tertiary/aromatic N) is 2. The van der Waals surface area contributed by atoms with Crippen LogP contribution in [0, 0.1) is 5.92 Å². The first kappa shape index (κ1) is 13.3. The summed E-state index contributed by atoms with van der Waals surface area (Å²) in [7, 11) is 0. The second-order valence-electron chi connectivity index (χ2n) is 4.85. The number of hydrogen-bond acceptors (Lipinski definition) is 4. The summed E-state index contributed by atoms with van der Waals surface area (Å²) in [4.78, 5) is 29.0. The van der Waals surface area contributed by atoms with Crippen molar-refractivity contribution in [3.8, 4) is 0 Å². The number of aliphatic imine (C=N–C) groups is 1. The summed E-state index contributed by atoms with van der Waals surface area (Å²) in [6, 6.07) is 8.72. The van der Waals surface area contributed by atoms with Crippen molar-refractivity contribution in [1.29, 1.82) is 0 Å². The summed E-state index contributed by atoms with van der Waals surface area (Å²) in [5.74, 6) is -0.302. The van der Waals surface area contributed by atoms with Crippen LogP contribution in [0.25, 0.3) is 0 Å². The van der Waals surface area contributed by atoms with Crippen molar-refractivity contribution >= 4 is 17.8 Å². The Morgan fingerprint density at radius 2 is 1.86 bits per heavy atom. The molecule has 0 radical (unpaired) electrons. The Morgan fingerprint density at radius 1 is 1.19 bits per heavy atom. The van der Waals surface area contributed by atoms with Gasteiger partial charge in [0.15, 0.2) is 6.04 Å². The highest BCUT2D eigenvalue weighted by Gasteiger charge is 2.35. The van der Waals surface area contributed by atoms with Gasteiger partial charge in [0.05, 0.1) is 0 Å². The third-order valence-corrected chi connectivity index (χ3v) is 3.38. The van der Waals surface area contributed by atoms with Gasteiger partial charge >= 0.3 is 5.97 Å². The number of rotatable bonds is 2. The number of cyclic esters (lactones) is 1. The van der Waals surface area contributed by atoms with E-state index in [0.717, 1.165) is 5.56 Å². The standard InChI is InChI=1S/C16H14N2O3/c1-11(19)18-9-7-12(8-10-18)14-16(20)21-15(17-14)13-5-3-2-4-6-13/h2-10,12,14H,1H3/t14-/m1/s1. The number of esters is 1. The van der Waals surface area contributed by atoms with Crippen molar-refractivity contribution in [2.75, 3.05) is 0 Å². The molecule has 5 heteroatoms. The Labute approximate surface area is 122 Å². The zero-order valence-electron chi connectivity index (χ0n) is 11.5. The molecule has 1 atom stereocenters. The van der Waals surface area contributed by atoms with Crippen LogP contribution in [0.4, 0.5) is 0 Å². The molecule has 5 nitrogen and oxygen atoms in total. The lowest BCUT2D eigenvalue weighted by Gasteiger charge is -2.19. The lowest BCUT2D eigenvalue weighted by molar-refractivity contribution is -0.135. The van der Waals surface area contributed by atoms with Crippen molar-refractivity contribution in [3.63, 3.8) is 0 Å². The van der Waals surface area contributed by atoms with E-state index >= 15 is 0 Å². The normalized spacial score (nSPS) is 21.4. The molecule has 2 aliphatic rings. The van der Waals surface area contributed by atoms with Gasteiger partial charge in [0.2, 0.25) is 11.8 Å². The zero-order valence-corrected chi connectivity index (χ0v) is 11.5. The minimum atomic E-state index is -0.596. The van der Waals surface area contributed by atoms with Crippen LogP contribution in [0.15, 0.2) is 59.9 Å². The topological polar surface area (TPSA) is 59.0 Å². The molecule has 0 bridgehead atoms. The van der Waals surface area contributed by atoms with Gasteiger partial charge in [0.25, 0.3) is 0 Å². The van der Waals surface area contributed by atoms with Gasteiger partial charge in [-0.1, -0.05) is 30.4 Å². The minimum Gasteiger partial charge on any atom is -0.406 e. The van der Waals surface area contributed by atoms with Crippen LogP contribution in [0.5, 0.6) is 0 Å². The third-order valence-electron chi connectivity index (χ3n) is 3.38. The molecule has 1 amide bonds. The van der Waals surface area contributed by atoms with Gasteiger partial charge in [-0.3, -0.25) is 9.69 Å². The van der Waals surface area contributed by atoms with Gasteiger partial charge in [-0.05, 0) is 12.1 Å². The summed E-state index contributed by atoms with van der Waals surface area (Å²) >= 11 is 0. The SMILES string of the molecule is CC(=O)N1C=CC([C@H]2N=C(c3ccccc3)OC2=O)C=C1. The number of carbonyl (C=O) groups excluding carboxylic acids is 2. The Hall–Kier alpha value is -2.69. The molecule has 2 aliphatic heterocycles. The maximum absolute atomic E-state index is 12.0. The molecule has 0 N–H and O–H groups in total. The van der Waals surface area contributed by atoms with E-state index in [4.69, 9.17) is 4.74 Å². The molecule has 2 heterocycles. The van der Waals surface area contributed by atoms with Crippen LogP contribution >= 0.6 is 0 Å². The highest BCUT2D eigenvalue weighted by atomic mass is 16.6. The van der Waals surface area contributed by atoms with Gasteiger partial charge in [-0.15, -0.1) is 0 Å². The number of ether oxygens (including phenoxy) is 1. The van der Waals surface area contributed by atoms with E-state index in [9.17, 15) is 9.59 Å². The van der Waals surface area contributed by atoms with Crippen LogP contribution in [0.1, 0.15) is 12.5 Å². The van der Waals surface area contributed by atoms with Crippen LogP contribution in [-0.4, -0.2) is 28.7 Å². The zero-order chi connectivity index (χ0) is 14.8. The van der Waals surface area contributed by atoms with E-state index < -0.39 is 6.04 Å². The molecule has 0 fully saturated rings. The lowest BCUT2D eigenvalue weighted by atomic mass is 9.99. The Morgan fingerprint density at radius 3 is 2.48 bits per heavy atom. The Balaban J connectivity index is 1.80. The van der Waals surface area contributed by atoms with Gasteiger partial charge in [-0.2, -0.15) is 0 Å². The highest BCUT2D eigenvalue weighted by Crippen LogP contribution is 2.23. The van der Waals surface area contributed by atoms with E-state index in [1.165, 1.54) is 11.8 Å². The molecular weight excluding hydrogens is 268 g/mol. The number of carbonyl (C=O) groups is 2. The fraction of sp³-hybridized carbons (Fsp3) is 0.188. The lowest BCUT2D eigenvalue weighted by Crippen LogP contribution is -2.27. The van der Waals surface area contributed by atoms with E-state index in [1.807, 2.05) is 30.3 Å². The van der Waals surface area contributed by atoms with Crippen LogP contribution < -0.4 is 0 Å². The van der Waals surface area contributed by atoms with E-state index in [1.54, 1.807) is 24.6 Å². The van der Waals surface area contributed by atoms with Crippen molar-refractivity contribution in [2.24, 2.45) is 10.9 Å². The molecule has 3 rings (SSSR count). The summed E-state index contributed by atoms with van der Waals surface area (Å²) in [5.41, 5.74) is 0.780. The maximum atomic E-state index is 12.0. The summed E-state index contributed by atoms with van der Waals surface area (Å²) in [6.07, 6.45) is 6.86. The van der Waals surface area contributed by atoms with Crippen molar-refractivity contribution < 1.29 is 14.3 Å². The second kappa shape index (κ2) is 5.36. The molecule has 1 aromatic carbocycles. The average molecular weight is 282 g/mol. The molecule has 106 valence electrons.